The van der Waals surface area contributed by atoms with Crippen LogP contribution in [0.5, 0.6) is 5.75 Å². The number of halogens is 1. The van der Waals surface area contributed by atoms with Gasteiger partial charge in [0.25, 0.3) is 0 Å². The SMILES string of the molecule is CCOc1ccc(S(=O)(=O)N(C)CC(=O)Nc2ccc(Cl)cc2C(=O)c2ccccc2)cc1. The summed E-state index contributed by atoms with van der Waals surface area (Å²) in [7, 11) is -2.60. The van der Waals surface area contributed by atoms with Crippen LogP contribution in [0.3, 0.4) is 0 Å². The van der Waals surface area contributed by atoms with Gasteiger partial charge >= 0.3 is 0 Å². The van der Waals surface area contributed by atoms with Crippen LogP contribution >= 0.6 is 11.6 Å². The van der Waals surface area contributed by atoms with Gasteiger partial charge in [-0.25, -0.2) is 8.42 Å². The molecule has 172 valence electrons. The first-order valence-electron chi connectivity index (χ1n) is 10.1. The Bertz CT molecular complexity index is 1250. The van der Waals surface area contributed by atoms with Gasteiger partial charge in [-0.1, -0.05) is 41.9 Å². The molecular formula is C24H23ClN2O5S. The Kier molecular flexibility index (Phi) is 7.86. The van der Waals surface area contributed by atoms with Gasteiger partial charge in [0.2, 0.25) is 15.9 Å². The summed E-state index contributed by atoms with van der Waals surface area (Å²) in [4.78, 5) is 25.6. The second kappa shape index (κ2) is 10.6. The number of rotatable bonds is 9. The Morgan fingerprint density at radius 3 is 2.30 bits per heavy atom. The van der Waals surface area contributed by atoms with E-state index in [9.17, 15) is 18.0 Å². The van der Waals surface area contributed by atoms with E-state index in [0.717, 1.165) is 4.31 Å². The average Bonchev–Trinajstić information content (AvgIpc) is 2.81. The smallest absolute Gasteiger partial charge is 0.243 e. The van der Waals surface area contributed by atoms with Crippen LogP contribution in [-0.4, -0.2) is 44.6 Å². The number of carbonyl (C=O) groups is 2. The van der Waals surface area contributed by atoms with E-state index < -0.39 is 22.5 Å². The number of benzene rings is 3. The first-order valence-corrected chi connectivity index (χ1v) is 11.9. The standard InChI is InChI=1S/C24H23ClN2O5S/c1-3-32-19-10-12-20(13-11-19)33(30,31)27(2)16-23(28)26-22-14-9-18(25)15-21(22)24(29)17-7-5-4-6-8-17/h4-15H,3,16H2,1-2H3,(H,26,28). The van der Waals surface area contributed by atoms with Gasteiger partial charge in [0.05, 0.1) is 23.7 Å². The Hall–Kier alpha value is -3.20. The molecule has 0 unspecified atom stereocenters. The third-order valence-electron chi connectivity index (χ3n) is 4.75. The number of ether oxygens (including phenoxy) is 1. The fraction of sp³-hybridized carbons (Fsp3) is 0.167. The number of anilines is 1. The lowest BCUT2D eigenvalue weighted by Crippen LogP contribution is -2.35. The largest absolute Gasteiger partial charge is 0.494 e. The molecule has 0 fully saturated rings. The zero-order chi connectivity index (χ0) is 24.0. The van der Waals surface area contributed by atoms with Crippen molar-refractivity contribution < 1.29 is 22.7 Å². The van der Waals surface area contributed by atoms with Crippen molar-refractivity contribution in [1.82, 2.24) is 4.31 Å². The number of carbonyl (C=O) groups excluding carboxylic acids is 2. The minimum absolute atomic E-state index is 0.0349. The lowest BCUT2D eigenvalue weighted by molar-refractivity contribution is -0.116. The predicted molar refractivity (Wildman–Crippen MR) is 127 cm³/mol. The van der Waals surface area contributed by atoms with Gasteiger partial charge in [-0.05, 0) is 49.4 Å². The van der Waals surface area contributed by atoms with E-state index in [1.54, 1.807) is 48.5 Å². The number of likely N-dealkylation sites (N-methyl/N-ethyl adjacent to an activating group) is 1. The molecule has 3 rings (SSSR count). The highest BCUT2D eigenvalue weighted by atomic mass is 35.5. The Balaban J connectivity index is 1.76. The molecule has 0 radical (unpaired) electrons. The molecular weight excluding hydrogens is 464 g/mol. The Morgan fingerprint density at radius 1 is 1.00 bits per heavy atom. The third kappa shape index (κ3) is 5.98. The lowest BCUT2D eigenvalue weighted by Gasteiger charge is -2.18. The van der Waals surface area contributed by atoms with Gasteiger partial charge in [-0.2, -0.15) is 4.31 Å². The van der Waals surface area contributed by atoms with Gasteiger partial charge in [0, 0.05) is 23.2 Å². The maximum atomic E-state index is 12.9. The summed E-state index contributed by atoms with van der Waals surface area (Å²) in [6, 6.07) is 19.0. The van der Waals surface area contributed by atoms with E-state index in [2.05, 4.69) is 5.32 Å². The van der Waals surface area contributed by atoms with Crippen molar-refractivity contribution in [2.24, 2.45) is 0 Å². The maximum Gasteiger partial charge on any atom is 0.243 e. The lowest BCUT2D eigenvalue weighted by atomic mass is 10.0. The second-order valence-corrected chi connectivity index (χ2v) is 9.58. The van der Waals surface area contributed by atoms with Crippen molar-refractivity contribution >= 4 is 39.0 Å². The van der Waals surface area contributed by atoms with Crippen LogP contribution in [0.1, 0.15) is 22.8 Å². The quantitative estimate of drug-likeness (QED) is 0.457. The highest BCUT2D eigenvalue weighted by Crippen LogP contribution is 2.24. The number of sulfonamides is 1. The second-order valence-electron chi connectivity index (χ2n) is 7.10. The van der Waals surface area contributed by atoms with Crippen LogP contribution < -0.4 is 10.1 Å². The normalized spacial score (nSPS) is 11.3. The summed E-state index contributed by atoms with van der Waals surface area (Å²) in [6.07, 6.45) is 0. The summed E-state index contributed by atoms with van der Waals surface area (Å²) in [5.74, 6) is -0.365. The number of nitrogens with zero attached hydrogens (tertiary/aromatic N) is 1. The highest BCUT2D eigenvalue weighted by molar-refractivity contribution is 7.89. The molecule has 0 heterocycles. The van der Waals surface area contributed by atoms with Crippen molar-refractivity contribution in [3.8, 4) is 5.75 Å². The predicted octanol–water partition coefficient (Wildman–Crippen LogP) is 4.23. The van der Waals surface area contributed by atoms with Crippen LogP contribution in [0.25, 0.3) is 0 Å². The summed E-state index contributed by atoms with van der Waals surface area (Å²) in [5, 5.41) is 2.96. The van der Waals surface area contributed by atoms with E-state index >= 15 is 0 Å². The molecule has 1 amide bonds. The van der Waals surface area contributed by atoms with Crippen LogP contribution in [-0.2, 0) is 14.8 Å². The molecule has 3 aromatic rings. The Morgan fingerprint density at radius 2 is 1.67 bits per heavy atom. The number of amides is 1. The molecule has 0 saturated heterocycles. The minimum atomic E-state index is -3.91. The topological polar surface area (TPSA) is 92.8 Å². The Labute approximate surface area is 198 Å². The summed E-state index contributed by atoms with van der Waals surface area (Å²) in [5.41, 5.74) is 0.884. The number of hydrogen-bond donors (Lipinski definition) is 1. The highest BCUT2D eigenvalue weighted by Gasteiger charge is 2.24. The van der Waals surface area contributed by atoms with Gasteiger partial charge in [-0.3, -0.25) is 9.59 Å². The number of hydrogen-bond acceptors (Lipinski definition) is 5. The third-order valence-corrected chi connectivity index (χ3v) is 6.80. The summed E-state index contributed by atoms with van der Waals surface area (Å²) in [6.45, 7) is 1.85. The van der Waals surface area contributed by atoms with Crippen molar-refractivity contribution in [2.75, 3.05) is 25.5 Å². The molecule has 0 atom stereocenters. The summed E-state index contributed by atoms with van der Waals surface area (Å²) >= 11 is 6.07. The molecule has 1 N–H and O–H groups in total. The van der Waals surface area contributed by atoms with Crippen LogP contribution in [0.15, 0.2) is 77.7 Å². The molecule has 0 aliphatic rings. The van der Waals surface area contributed by atoms with Crippen molar-refractivity contribution in [2.45, 2.75) is 11.8 Å². The molecule has 33 heavy (non-hydrogen) atoms. The van der Waals surface area contributed by atoms with Crippen molar-refractivity contribution in [1.29, 1.82) is 0 Å². The fourth-order valence-electron chi connectivity index (χ4n) is 3.09. The van der Waals surface area contributed by atoms with Gasteiger partial charge in [-0.15, -0.1) is 0 Å². The van der Waals surface area contributed by atoms with E-state index in [1.165, 1.54) is 31.3 Å². The van der Waals surface area contributed by atoms with Crippen LogP contribution in [0, 0.1) is 0 Å². The maximum absolute atomic E-state index is 12.9. The van der Waals surface area contributed by atoms with E-state index in [0.29, 0.717) is 22.9 Å². The van der Waals surface area contributed by atoms with Crippen molar-refractivity contribution in [3.05, 3.63) is 88.9 Å². The van der Waals surface area contributed by atoms with Crippen molar-refractivity contribution in [3.63, 3.8) is 0 Å². The zero-order valence-electron chi connectivity index (χ0n) is 18.1. The molecule has 3 aromatic carbocycles. The van der Waals surface area contributed by atoms with E-state index in [1.807, 2.05) is 6.92 Å². The summed E-state index contributed by atoms with van der Waals surface area (Å²) < 4.78 is 31.9. The molecule has 0 aliphatic carbocycles. The molecule has 0 spiro atoms. The average molecular weight is 487 g/mol. The first kappa shape index (κ1) is 24.4. The number of ketones is 1. The fourth-order valence-corrected chi connectivity index (χ4v) is 4.39. The van der Waals surface area contributed by atoms with Crippen LogP contribution in [0.4, 0.5) is 5.69 Å². The van der Waals surface area contributed by atoms with Gasteiger partial charge in [0.1, 0.15) is 5.75 Å². The number of nitrogens with one attached hydrogen (secondary N) is 1. The molecule has 9 heteroatoms. The van der Waals surface area contributed by atoms with E-state index in [4.69, 9.17) is 16.3 Å². The van der Waals surface area contributed by atoms with Gasteiger partial charge in [0.15, 0.2) is 5.78 Å². The zero-order valence-corrected chi connectivity index (χ0v) is 19.7. The minimum Gasteiger partial charge on any atom is -0.494 e. The monoisotopic (exact) mass is 486 g/mol. The first-order chi connectivity index (χ1) is 15.7. The molecule has 0 bridgehead atoms. The van der Waals surface area contributed by atoms with Crippen LogP contribution in [0.2, 0.25) is 5.02 Å². The molecule has 7 nitrogen and oxygen atoms in total. The molecule has 0 aliphatic heterocycles. The molecule has 0 saturated carbocycles. The van der Waals surface area contributed by atoms with E-state index in [-0.39, 0.29) is 21.9 Å². The van der Waals surface area contributed by atoms with Gasteiger partial charge < -0.3 is 10.1 Å². The molecule has 0 aromatic heterocycles.